The van der Waals surface area contributed by atoms with Crippen molar-refractivity contribution in [2.24, 2.45) is 0 Å². The molecule has 3 aromatic rings. The van der Waals surface area contributed by atoms with Crippen LogP contribution in [-0.4, -0.2) is 27.1 Å². The lowest BCUT2D eigenvalue weighted by Gasteiger charge is -2.27. The molecule has 0 spiro atoms. The summed E-state index contributed by atoms with van der Waals surface area (Å²) >= 11 is 7.12. The topological polar surface area (TPSA) is 61.9 Å². The van der Waals surface area contributed by atoms with Crippen LogP contribution in [0.4, 0.5) is 0 Å². The zero-order chi connectivity index (χ0) is 16.2. The highest BCUT2D eigenvalue weighted by Crippen LogP contribution is 2.28. The minimum atomic E-state index is -0.144. The van der Waals surface area contributed by atoms with Gasteiger partial charge in [0.2, 0.25) is 0 Å². The molecule has 0 unspecified atom stereocenters. The summed E-state index contributed by atoms with van der Waals surface area (Å²) in [7, 11) is 1.99. The van der Waals surface area contributed by atoms with E-state index < -0.39 is 0 Å². The number of hydrogen-bond donors (Lipinski definition) is 1. The van der Waals surface area contributed by atoms with Crippen LogP contribution in [0.15, 0.2) is 53.5 Å². The highest BCUT2D eigenvalue weighted by Gasteiger charge is 2.21. The van der Waals surface area contributed by atoms with E-state index >= 15 is 0 Å². The Kier molecular flexibility index (Phi) is 4.85. The average molecular weight is 347 g/mol. The standard InChI is InChI=1S/C16H15ClN4OS/c1-21(10-14-19-20-16(22)23-14)15(13-4-2-3-9-18-13)11-5-7-12(17)8-6-11/h2-9,15H,10H2,1H3,(H,20,22)/t15-/m0/s1. The van der Waals surface area contributed by atoms with Crippen molar-refractivity contribution in [3.05, 3.63) is 79.6 Å². The molecule has 5 nitrogen and oxygen atoms in total. The van der Waals surface area contributed by atoms with Gasteiger partial charge in [0.05, 0.1) is 18.3 Å². The predicted octanol–water partition coefficient (Wildman–Crippen LogP) is 3.10. The molecule has 0 saturated heterocycles. The molecule has 7 heteroatoms. The van der Waals surface area contributed by atoms with Gasteiger partial charge in [-0.15, -0.1) is 0 Å². The van der Waals surface area contributed by atoms with Gasteiger partial charge < -0.3 is 0 Å². The zero-order valence-electron chi connectivity index (χ0n) is 12.4. The van der Waals surface area contributed by atoms with Gasteiger partial charge in [0.1, 0.15) is 5.01 Å². The number of nitrogens with one attached hydrogen (secondary N) is 1. The third kappa shape index (κ3) is 3.85. The van der Waals surface area contributed by atoms with Crippen LogP contribution in [-0.2, 0) is 6.54 Å². The first kappa shape index (κ1) is 15.9. The average Bonchev–Trinajstić information content (AvgIpc) is 2.95. The Morgan fingerprint density at radius 3 is 2.65 bits per heavy atom. The summed E-state index contributed by atoms with van der Waals surface area (Å²) in [6.07, 6.45) is 1.78. The summed E-state index contributed by atoms with van der Waals surface area (Å²) in [5.41, 5.74) is 2.01. The molecule has 23 heavy (non-hydrogen) atoms. The monoisotopic (exact) mass is 346 g/mol. The van der Waals surface area contributed by atoms with Crippen LogP contribution in [0.3, 0.4) is 0 Å². The highest BCUT2D eigenvalue weighted by molar-refractivity contribution is 7.08. The quantitative estimate of drug-likeness (QED) is 0.771. The Bertz CT molecular complexity index is 816. The molecule has 0 aliphatic heterocycles. The smallest absolute Gasteiger partial charge is 0.287 e. The Morgan fingerprint density at radius 2 is 2.04 bits per heavy atom. The Balaban J connectivity index is 1.94. The van der Waals surface area contributed by atoms with Gasteiger partial charge >= 0.3 is 4.87 Å². The number of halogens is 1. The van der Waals surface area contributed by atoms with Crippen molar-refractivity contribution in [3.63, 3.8) is 0 Å². The van der Waals surface area contributed by atoms with Gasteiger partial charge in [-0.1, -0.05) is 41.1 Å². The first-order valence-electron chi connectivity index (χ1n) is 7.04. The zero-order valence-corrected chi connectivity index (χ0v) is 14.0. The second-order valence-corrected chi connectivity index (χ2v) is 6.61. The first-order valence-corrected chi connectivity index (χ1v) is 8.24. The second-order valence-electron chi connectivity index (χ2n) is 5.13. The lowest BCUT2D eigenvalue weighted by molar-refractivity contribution is 0.265. The number of nitrogens with zero attached hydrogens (tertiary/aromatic N) is 3. The van der Waals surface area contributed by atoms with Gasteiger partial charge in [0, 0.05) is 11.2 Å². The molecule has 2 aromatic heterocycles. The molecule has 3 rings (SSSR count). The summed E-state index contributed by atoms with van der Waals surface area (Å²) in [6.45, 7) is 0.549. The summed E-state index contributed by atoms with van der Waals surface area (Å²) in [6, 6.07) is 13.5. The first-order chi connectivity index (χ1) is 11.1. The van der Waals surface area contributed by atoms with E-state index in [0.717, 1.165) is 27.6 Å². The molecule has 0 radical (unpaired) electrons. The summed E-state index contributed by atoms with van der Waals surface area (Å²) in [5.74, 6) is 0. The molecule has 2 heterocycles. The van der Waals surface area contributed by atoms with Crippen LogP contribution in [0.5, 0.6) is 0 Å². The molecule has 0 fully saturated rings. The van der Waals surface area contributed by atoms with Crippen molar-refractivity contribution in [3.8, 4) is 0 Å². The van der Waals surface area contributed by atoms with Gasteiger partial charge in [0.15, 0.2) is 0 Å². The van der Waals surface area contributed by atoms with E-state index in [1.54, 1.807) is 6.20 Å². The van der Waals surface area contributed by atoms with Crippen LogP contribution >= 0.6 is 22.9 Å². The van der Waals surface area contributed by atoms with Crippen molar-refractivity contribution in [1.29, 1.82) is 0 Å². The lowest BCUT2D eigenvalue weighted by atomic mass is 10.0. The van der Waals surface area contributed by atoms with Gasteiger partial charge in [-0.05, 0) is 36.9 Å². The van der Waals surface area contributed by atoms with Crippen molar-refractivity contribution in [2.75, 3.05) is 7.05 Å². The van der Waals surface area contributed by atoms with E-state index in [1.807, 2.05) is 49.5 Å². The molecular formula is C16H15ClN4OS. The predicted molar refractivity (Wildman–Crippen MR) is 91.7 cm³/mol. The third-order valence-electron chi connectivity index (χ3n) is 3.46. The van der Waals surface area contributed by atoms with Crippen molar-refractivity contribution >= 4 is 22.9 Å². The van der Waals surface area contributed by atoms with Crippen molar-refractivity contribution in [1.82, 2.24) is 20.1 Å². The molecule has 0 saturated carbocycles. The number of rotatable bonds is 5. The summed E-state index contributed by atoms with van der Waals surface area (Å²) < 4.78 is 0. The minimum absolute atomic E-state index is 0.0486. The molecule has 1 atom stereocenters. The number of hydrogen-bond acceptors (Lipinski definition) is 5. The van der Waals surface area contributed by atoms with Crippen LogP contribution in [0.25, 0.3) is 0 Å². The fourth-order valence-electron chi connectivity index (χ4n) is 2.47. The van der Waals surface area contributed by atoms with E-state index in [1.165, 1.54) is 0 Å². The van der Waals surface area contributed by atoms with E-state index in [0.29, 0.717) is 11.6 Å². The number of aromatic nitrogens is 3. The summed E-state index contributed by atoms with van der Waals surface area (Å²) in [4.78, 5) is 17.7. The largest absolute Gasteiger partial charge is 0.322 e. The minimum Gasteiger partial charge on any atom is -0.287 e. The molecule has 1 N–H and O–H groups in total. The molecule has 0 aliphatic rings. The SMILES string of the molecule is CN(Cc1n[nH]c(=O)s1)[C@@H](c1ccc(Cl)cc1)c1ccccn1. The number of aromatic amines is 1. The van der Waals surface area contributed by atoms with Gasteiger partial charge in [-0.2, -0.15) is 5.10 Å². The van der Waals surface area contributed by atoms with E-state index in [-0.39, 0.29) is 10.9 Å². The Morgan fingerprint density at radius 1 is 1.26 bits per heavy atom. The van der Waals surface area contributed by atoms with E-state index in [2.05, 4.69) is 20.1 Å². The van der Waals surface area contributed by atoms with Crippen LogP contribution < -0.4 is 4.87 Å². The fourth-order valence-corrected chi connectivity index (χ4v) is 3.26. The number of pyridine rings is 1. The summed E-state index contributed by atoms with van der Waals surface area (Å²) in [5, 5.41) is 7.93. The number of benzene rings is 1. The molecule has 118 valence electrons. The molecule has 0 amide bonds. The second kappa shape index (κ2) is 7.04. The van der Waals surface area contributed by atoms with Gasteiger partial charge in [0.25, 0.3) is 0 Å². The van der Waals surface area contributed by atoms with Crippen LogP contribution in [0, 0.1) is 0 Å². The van der Waals surface area contributed by atoms with Gasteiger partial charge in [-0.25, -0.2) is 5.10 Å². The van der Waals surface area contributed by atoms with Gasteiger partial charge in [-0.3, -0.25) is 14.7 Å². The van der Waals surface area contributed by atoms with E-state index in [4.69, 9.17) is 11.6 Å². The molecule has 0 aliphatic carbocycles. The molecule has 1 aromatic carbocycles. The molecule has 0 bridgehead atoms. The van der Waals surface area contributed by atoms with E-state index in [9.17, 15) is 4.79 Å². The third-order valence-corrected chi connectivity index (χ3v) is 4.45. The van der Waals surface area contributed by atoms with Crippen molar-refractivity contribution < 1.29 is 0 Å². The van der Waals surface area contributed by atoms with Crippen LogP contribution in [0.2, 0.25) is 5.02 Å². The fraction of sp³-hybridized carbons (Fsp3) is 0.188. The van der Waals surface area contributed by atoms with Crippen LogP contribution in [0.1, 0.15) is 22.3 Å². The maximum absolute atomic E-state index is 11.3. The normalized spacial score (nSPS) is 12.5. The number of H-pyrrole nitrogens is 1. The maximum atomic E-state index is 11.3. The maximum Gasteiger partial charge on any atom is 0.322 e. The highest BCUT2D eigenvalue weighted by atomic mass is 35.5. The Labute approximate surface area is 142 Å². The lowest BCUT2D eigenvalue weighted by Crippen LogP contribution is -2.26. The Hall–Kier alpha value is -2.02. The van der Waals surface area contributed by atoms with Crippen molar-refractivity contribution in [2.45, 2.75) is 12.6 Å². The molecular weight excluding hydrogens is 332 g/mol.